The topological polar surface area (TPSA) is 69.6 Å². The van der Waals surface area contributed by atoms with Gasteiger partial charge in [0.2, 0.25) is 5.95 Å². The zero-order chi connectivity index (χ0) is 9.26. The molecule has 2 N–H and O–H groups in total. The Balaban J connectivity index is 2.53. The Hall–Kier alpha value is -1.62. The lowest BCUT2D eigenvalue weighted by atomic mass is 10.6. The van der Waals surface area contributed by atoms with E-state index in [4.69, 9.17) is 17.3 Å². The van der Waals surface area contributed by atoms with Crippen molar-refractivity contribution in [2.24, 2.45) is 0 Å². The molecular formula is C7H6ClN5. The molecule has 66 valence electrons. The van der Waals surface area contributed by atoms with Crippen LogP contribution >= 0.6 is 11.6 Å². The quantitative estimate of drug-likeness (QED) is 0.687. The van der Waals surface area contributed by atoms with Crippen LogP contribution in [0, 0.1) is 0 Å². The lowest BCUT2D eigenvalue weighted by Gasteiger charge is -2.00. The molecule has 0 saturated carbocycles. The summed E-state index contributed by atoms with van der Waals surface area (Å²) >= 11 is 5.69. The molecule has 0 saturated heterocycles. The molecule has 2 aromatic rings. The number of rotatable bonds is 1. The first-order valence-corrected chi connectivity index (χ1v) is 3.93. The predicted molar refractivity (Wildman–Crippen MR) is 48.6 cm³/mol. The number of nitrogens with two attached hydrogens (primary N) is 1. The number of aromatic nitrogens is 4. The highest BCUT2D eigenvalue weighted by Gasteiger charge is 2.01. The smallest absolute Gasteiger partial charge is 0.223 e. The van der Waals surface area contributed by atoms with Crippen molar-refractivity contribution in [1.82, 2.24) is 19.7 Å². The van der Waals surface area contributed by atoms with Crippen LogP contribution in [-0.2, 0) is 0 Å². The first-order chi connectivity index (χ1) is 6.25. The second-order valence-corrected chi connectivity index (χ2v) is 2.74. The van der Waals surface area contributed by atoms with Crippen LogP contribution in [0.25, 0.3) is 5.82 Å². The van der Waals surface area contributed by atoms with E-state index < -0.39 is 0 Å². The fourth-order valence-electron chi connectivity index (χ4n) is 0.945. The molecular weight excluding hydrogens is 190 g/mol. The molecule has 13 heavy (non-hydrogen) atoms. The van der Waals surface area contributed by atoms with Crippen molar-refractivity contribution in [2.75, 3.05) is 5.73 Å². The maximum Gasteiger partial charge on any atom is 0.223 e. The van der Waals surface area contributed by atoms with E-state index in [1.165, 1.54) is 0 Å². The van der Waals surface area contributed by atoms with Gasteiger partial charge in [0.1, 0.15) is 5.15 Å². The van der Waals surface area contributed by atoms with Gasteiger partial charge in [-0.25, -0.2) is 9.67 Å². The summed E-state index contributed by atoms with van der Waals surface area (Å²) in [6, 6.07) is 3.37. The van der Waals surface area contributed by atoms with Crippen LogP contribution in [0.3, 0.4) is 0 Å². The average molecular weight is 196 g/mol. The van der Waals surface area contributed by atoms with Gasteiger partial charge in [0, 0.05) is 18.5 Å². The van der Waals surface area contributed by atoms with E-state index >= 15 is 0 Å². The summed E-state index contributed by atoms with van der Waals surface area (Å²) in [6.45, 7) is 0. The normalized spacial score (nSPS) is 10.2. The molecule has 6 heteroatoms. The van der Waals surface area contributed by atoms with Crippen LogP contribution in [-0.4, -0.2) is 19.7 Å². The average Bonchev–Trinajstić information content (AvgIpc) is 2.53. The molecule has 2 heterocycles. The van der Waals surface area contributed by atoms with E-state index in [0.717, 1.165) is 0 Å². The molecule has 0 unspecified atom stereocenters. The van der Waals surface area contributed by atoms with E-state index in [-0.39, 0.29) is 5.95 Å². The highest BCUT2D eigenvalue weighted by molar-refractivity contribution is 6.29. The molecule has 2 aromatic heterocycles. The summed E-state index contributed by atoms with van der Waals surface area (Å²) in [5, 5.41) is 4.28. The highest BCUT2D eigenvalue weighted by atomic mass is 35.5. The maximum absolute atomic E-state index is 5.69. The summed E-state index contributed by atoms with van der Waals surface area (Å²) in [5.41, 5.74) is 5.42. The Morgan fingerprint density at radius 3 is 2.85 bits per heavy atom. The van der Waals surface area contributed by atoms with Crippen LogP contribution in [0.2, 0.25) is 5.15 Å². The molecule has 5 nitrogen and oxygen atoms in total. The van der Waals surface area contributed by atoms with E-state index in [9.17, 15) is 0 Å². The minimum absolute atomic E-state index is 0.137. The number of nitrogens with zero attached hydrogens (tertiary/aromatic N) is 4. The molecule has 0 aromatic carbocycles. The van der Waals surface area contributed by atoms with Crippen LogP contribution < -0.4 is 5.73 Å². The summed E-state index contributed by atoms with van der Waals surface area (Å²) in [4.78, 5) is 7.69. The van der Waals surface area contributed by atoms with Crippen molar-refractivity contribution >= 4 is 17.5 Å². The number of hydrogen-bond donors (Lipinski definition) is 1. The highest BCUT2D eigenvalue weighted by Crippen LogP contribution is 2.10. The lowest BCUT2D eigenvalue weighted by Crippen LogP contribution is -2.02. The Morgan fingerprint density at radius 2 is 2.23 bits per heavy atom. The third kappa shape index (κ3) is 1.59. The van der Waals surface area contributed by atoms with Crippen molar-refractivity contribution in [3.05, 3.63) is 29.7 Å². The predicted octanol–water partition coefficient (Wildman–Crippen LogP) is 0.898. The van der Waals surface area contributed by atoms with E-state index in [2.05, 4.69) is 15.1 Å². The Labute approximate surface area is 79.2 Å². The first kappa shape index (κ1) is 8.00. The molecule has 0 spiro atoms. The van der Waals surface area contributed by atoms with Gasteiger partial charge >= 0.3 is 0 Å². The molecule has 0 fully saturated rings. The second-order valence-electron chi connectivity index (χ2n) is 2.36. The standard InChI is InChI=1S/C7H6ClN5/c8-5-4-6(12-7(9)11-5)13-3-1-2-10-13/h1-4H,(H2,9,11,12). The molecule has 0 aliphatic heterocycles. The zero-order valence-corrected chi connectivity index (χ0v) is 7.31. The Morgan fingerprint density at radius 1 is 1.38 bits per heavy atom. The van der Waals surface area contributed by atoms with Gasteiger partial charge < -0.3 is 5.73 Å². The van der Waals surface area contributed by atoms with Crippen LogP contribution in [0.4, 0.5) is 5.95 Å². The molecule has 0 atom stereocenters. The lowest BCUT2D eigenvalue weighted by molar-refractivity contribution is 0.843. The van der Waals surface area contributed by atoms with Gasteiger partial charge in [0.15, 0.2) is 5.82 Å². The summed E-state index contributed by atoms with van der Waals surface area (Å²) < 4.78 is 1.56. The first-order valence-electron chi connectivity index (χ1n) is 3.56. The van der Waals surface area contributed by atoms with Gasteiger partial charge in [-0.05, 0) is 6.07 Å². The number of hydrogen-bond acceptors (Lipinski definition) is 4. The zero-order valence-electron chi connectivity index (χ0n) is 6.55. The van der Waals surface area contributed by atoms with Gasteiger partial charge in [0.25, 0.3) is 0 Å². The third-order valence-corrected chi connectivity index (χ3v) is 1.63. The molecule has 0 amide bonds. The summed E-state index contributed by atoms with van der Waals surface area (Å²) in [6.07, 6.45) is 3.39. The second kappa shape index (κ2) is 3.02. The van der Waals surface area contributed by atoms with Gasteiger partial charge in [-0.15, -0.1) is 0 Å². The largest absolute Gasteiger partial charge is 0.368 e. The maximum atomic E-state index is 5.69. The Bertz CT molecular complexity index is 391. The van der Waals surface area contributed by atoms with E-state index in [1.807, 2.05) is 0 Å². The minimum Gasteiger partial charge on any atom is -0.368 e. The number of halogens is 1. The van der Waals surface area contributed by atoms with Crippen LogP contribution in [0.1, 0.15) is 0 Å². The Kier molecular flexibility index (Phi) is 1.86. The molecule has 0 aliphatic rings. The van der Waals surface area contributed by atoms with E-state index in [0.29, 0.717) is 11.0 Å². The van der Waals surface area contributed by atoms with Crippen molar-refractivity contribution in [3.63, 3.8) is 0 Å². The summed E-state index contributed by atoms with van der Waals surface area (Å²) in [7, 11) is 0. The van der Waals surface area contributed by atoms with Gasteiger partial charge in [0.05, 0.1) is 0 Å². The molecule has 0 radical (unpaired) electrons. The van der Waals surface area contributed by atoms with Gasteiger partial charge in [-0.2, -0.15) is 10.1 Å². The molecule has 0 bridgehead atoms. The number of nitrogen functional groups attached to an aromatic ring is 1. The molecule has 0 aliphatic carbocycles. The van der Waals surface area contributed by atoms with Gasteiger partial charge in [-0.3, -0.25) is 0 Å². The summed E-state index contributed by atoms with van der Waals surface area (Å²) in [5.74, 6) is 0.695. The third-order valence-electron chi connectivity index (χ3n) is 1.44. The van der Waals surface area contributed by atoms with E-state index in [1.54, 1.807) is 29.2 Å². The van der Waals surface area contributed by atoms with Crippen molar-refractivity contribution in [2.45, 2.75) is 0 Å². The van der Waals surface area contributed by atoms with Crippen molar-refractivity contribution in [1.29, 1.82) is 0 Å². The fraction of sp³-hybridized carbons (Fsp3) is 0. The van der Waals surface area contributed by atoms with Gasteiger partial charge in [-0.1, -0.05) is 11.6 Å². The minimum atomic E-state index is 0.137. The number of anilines is 1. The van der Waals surface area contributed by atoms with Crippen molar-refractivity contribution < 1.29 is 0 Å². The molecule has 2 rings (SSSR count). The monoisotopic (exact) mass is 195 g/mol. The SMILES string of the molecule is Nc1nc(Cl)cc(-n2cccn2)n1. The van der Waals surface area contributed by atoms with Crippen molar-refractivity contribution in [3.8, 4) is 5.82 Å². The van der Waals surface area contributed by atoms with Crippen LogP contribution in [0.5, 0.6) is 0 Å². The van der Waals surface area contributed by atoms with Crippen LogP contribution in [0.15, 0.2) is 24.5 Å². The fourth-order valence-corrected chi connectivity index (χ4v) is 1.13.